The van der Waals surface area contributed by atoms with Crippen LogP contribution in [0.25, 0.3) is 0 Å². The lowest BCUT2D eigenvalue weighted by Crippen LogP contribution is -2.50. The van der Waals surface area contributed by atoms with Crippen LogP contribution in [0.1, 0.15) is 53.8 Å². The van der Waals surface area contributed by atoms with Crippen molar-refractivity contribution in [3.05, 3.63) is 35.4 Å². The van der Waals surface area contributed by atoms with Gasteiger partial charge in [0.1, 0.15) is 0 Å². The summed E-state index contributed by atoms with van der Waals surface area (Å²) in [5, 5.41) is 0. The Labute approximate surface area is 119 Å². The van der Waals surface area contributed by atoms with Crippen molar-refractivity contribution in [1.29, 1.82) is 0 Å². The van der Waals surface area contributed by atoms with E-state index < -0.39 is 0 Å². The maximum absolute atomic E-state index is 12.4. The van der Waals surface area contributed by atoms with Crippen molar-refractivity contribution in [2.45, 2.75) is 45.2 Å². The smallest absolute Gasteiger partial charge is 0.262 e. The Morgan fingerprint density at radius 3 is 2.00 bits per heavy atom. The van der Waals surface area contributed by atoms with Crippen LogP contribution in [0.5, 0.6) is 0 Å². The molecule has 2 amide bonds. The van der Waals surface area contributed by atoms with Crippen molar-refractivity contribution in [1.82, 2.24) is 9.80 Å². The maximum Gasteiger partial charge on any atom is 0.262 e. The summed E-state index contributed by atoms with van der Waals surface area (Å²) >= 11 is 0. The summed E-state index contributed by atoms with van der Waals surface area (Å²) in [5.41, 5.74) is 1.07. The molecule has 2 unspecified atom stereocenters. The Kier molecular flexibility index (Phi) is 3.34. The summed E-state index contributed by atoms with van der Waals surface area (Å²) in [6.07, 6.45) is 3.49. The molecule has 2 aliphatic heterocycles. The average molecular weight is 272 g/mol. The quantitative estimate of drug-likeness (QED) is 0.777. The van der Waals surface area contributed by atoms with Gasteiger partial charge in [-0.25, -0.2) is 0 Å². The number of hydrogen-bond acceptors (Lipinski definition) is 3. The molecule has 0 aromatic heterocycles. The van der Waals surface area contributed by atoms with E-state index in [1.165, 1.54) is 11.3 Å². The molecular weight excluding hydrogens is 252 g/mol. The first-order valence-corrected chi connectivity index (χ1v) is 7.30. The zero-order valence-corrected chi connectivity index (χ0v) is 12.0. The number of carbonyl (C=O) groups is 2. The maximum atomic E-state index is 12.4. The van der Waals surface area contributed by atoms with Gasteiger partial charge in [-0.1, -0.05) is 18.6 Å². The van der Waals surface area contributed by atoms with Crippen LogP contribution >= 0.6 is 0 Å². The van der Waals surface area contributed by atoms with Crippen molar-refractivity contribution < 1.29 is 9.59 Å². The van der Waals surface area contributed by atoms with Crippen LogP contribution in [0.4, 0.5) is 0 Å². The first-order valence-electron chi connectivity index (χ1n) is 7.30. The lowest BCUT2D eigenvalue weighted by Gasteiger charge is -2.40. The number of piperidine rings is 1. The Hall–Kier alpha value is -1.68. The highest BCUT2D eigenvalue weighted by atomic mass is 16.2. The fourth-order valence-electron chi connectivity index (χ4n) is 3.28. The minimum absolute atomic E-state index is 0.157. The Bertz CT molecular complexity index is 510. The van der Waals surface area contributed by atoms with Crippen LogP contribution in [0, 0.1) is 0 Å². The predicted octanol–water partition coefficient (Wildman–Crippen LogP) is 2.50. The Morgan fingerprint density at radius 1 is 1.00 bits per heavy atom. The lowest BCUT2D eigenvalue weighted by molar-refractivity contribution is 0.0304. The van der Waals surface area contributed by atoms with E-state index in [0.29, 0.717) is 29.9 Å². The second kappa shape index (κ2) is 5.02. The van der Waals surface area contributed by atoms with Gasteiger partial charge in [0.2, 0.25) is 0 Å². The molecule has 0 N–H and O–H groups in total. The standard InChI is InChI=1S/C16H20N2O2/c1-11-6-5-7-12(2)17(11)10-18-15(19)13-8-3-4-9-14(13)16(18)20/h3-4,8-9,11-12H,5-7,10H2,1-2H3. The van der Waals surface area contributed by atoms with Crippen molar-refractivity contribution in [3.63, 3.8) is 0 Å². The van der Waals surface area contributed by atoms with E-state index >= 15 is 0 Å². The molecule has 1 fully saturated rings. The van der Waals surface area contributed by atoms with Gasteiger partial charge >= 0.3 is 0 Å². The summed E-state index contributed by atoms with van der Waals surface area (Å²) in [4.78, 5) is 28.4. The summed E-state index contributed by atoms with van der Waals surface area (Å²) in [6, 6.07) is 7.92. The zero-order chi connectivity index (χ0) is 14.3. The topological polar surface area (TPSA) is 40.6 Å². The summed E-state index contributed by atoms with van der Waals surface area (Å²) < 4.78 is 0. The zero-order valence-electron chi connectivity index (χ0n) is 12.0. The largest absolute Gasteiger partial charge is 0.280 e. The van der Waals surface area contributed by atoms with Gasteiger partial charge in [-0.05, 0) is 38.8 Å². The number of imide groups is 1. The molecule has 0 aliphatic carbocycles. The molecule has 0 radical (unpaired) electrons. The van der Waals surface area contributed by atoms with E-state index in [1.54, 1.807) is 24.3 Å². The van der Waals surface area contributed by atoms with Gasteiger partial charge in [0, 0.05) is 12.1 Å². The normalized spacial score (nSPS) is 27.0. The molecule has 1 saturated heterocycles. The third-order valence-electron chi connectivity index (χ3n) is 4.56. The highest BCUT2D eigenvalue weighted by Gasteiger charge is 2.38. The molecule has 1 aromatic carbocycles. The summed E-state index contributed by atoms with van der Waals surface area (Å²) in [5.74, 6) is -0.314. The SMILES string of the molecule is CC1CCCC(C)N1CN1C(=O)c2ccccc2C1=O. The first-order chi connectivity index (χ1) is 9.59. The van der Waals surface area contributed by atoms with Gasteiger partial charge in [-0.3, -0.25) is 19.4 Å². The van der Waals surface area contributed by atoms with Crippen molar-refractivity contribution in [3.8, 4) is 0 Å². The third-order valence-corrected chi connectivity index (χ3v) is 4.56. The fraction of sp³-hybridized carbons (Fsp3) is 0.500. The molecule has 0 saturated carbocycles. The minimum Gasteiger partial charge on any atom is -0.280 e. The predicted molar refractivity (Wildman–Crippen MR) is 76.4 cm³/mol. The van der Waals surface area contributed by atoms with E-state index in [4.69, 9.17) is 0 Å². The van der Waals surface area contributed by atoms with Gasteiger partial charge in [-0.15, -0.1) is 0 Å². The number of hydrogen-bond donors (Lipinski definition) is 0. The Balaban J connectivity index is 1.83. The van der Waals surface area contributed by atoms with Gasteiger partial charge < -0.3 is 0 Å². The molecule has 0 bridgehead atoms. The fourth-order valence-corrected chi connectivity index (χ4v) is 3.28. The van der Waals surface area contributed by atoms with E-state index in [9.17, 15) is 9.59 Å². The number of likely N-dealkylation sites (tertiary alicyclic amines) is 1. The van der Waals surface area contributed by atoms with Gasteiger partial charge in [0.25, 0.3) is 11.8 Å². The van der Waals surface area contributed by atoms with Crippen LogP contribution in [-0.4, -0.2) is 40.4 Å². The number of rotatable bonds is 2. The number of fused-ring (bicyclic) bond motifs is 1. The molecule has 4 heteroatoms. The molecule has 1 aromatic rings. The molecule has 2 heterocycles. The number of benzene rings is 1. The molecule has 4 nitrogen and oxygen atoms in total. The Morgan fingerprint density at radius 2 is 1.50 bits per heavy atom. The molecule has 0 spiro atoms. The molecule has 20 heavy (non-hydrogen) atoms. The van der Waals surface area contributed by atoms with Crippen molar-refractivity contribution in [2.24, 2.45) is 0 Å². The van der Waals surface area contributed by atoms with Crippen LogP contribution < -0.4 is 0 Å². The highest BCUT2D eigenvalue weighted by molar-refractivity contribution is 6.21. The van der Waals surface area contributed by atoms with Crippen molar-refractivity contribution >= 4 is 11.8 Å². The first kappa shape index (κ1) is 13.3. The second-order valence-electron chi connectivity index (χ2n) is 5.87. The van der Waals surface area contributed by atoms with Gasteiger partial charge in [-0.2, -0.15) is 0 Å². The molecular formula is C16H20N2O2. The van der Waals surface area contributed by atoms with Crippen LogP contribution in [0.3, 0.4) is 0 Å². The third kappa shape index (κ3) is 2.04. The second-order valence-corrected chi connectivity index (χ2v) is 5.87. The van der Waals surface area contributed by atoms with E-state index in [0.717, 1.165) is 12.8 Å². The van der Waals surface area contributed by atoms with Crippen LogP contribution in [-0.2, 0) is 0 Å². The summed E-state index contributed by atoms with van der Waals surface area (Å²) in [6.45, 7) is 4.76. The minimum atomic E-state index is -0.157. The van der Waals surface area contributed by atoms with Gasteiger partial charge in [0.15, 0.2) is 0 Å². The molecule has 2 aliphatic rings. The monoisotopic (exact) mass is 272 g/mol. The summed E-state index contributed by atoms with van der Waals surface area (Å²) in [7, 11) is 0. The van der Waals surface area contributed by atoms with Crippen LogP contribution in [0.2, 0.25) is 0 Å². The van der Waals surface area contributed by atoms with Crippen molar-refractivity contribution in [2.75, 3.05) is 6.67 Å². The average Bonchev–Trinajstić information content (AvgIpc) is 2.68. The molecule has 2 atom stereocenters. The number of carbonyl (C=O) groups excluding carboxylic acids is 2. The van der Waals surface area contributed by atoms with Crippen LogP contribution in [0.15, 0.2) is 24.3 Å². The lowest BCUT2D eigenvalue weighted by atomic mass is 9.98. The molecule has 106 valence electrons. The number of nitrogens with zero attached hydrogens (tertiary/aromatic N) is 2. The highest BCUT2D eigenvalue weighted by Crippen LogP contribution is 2.27. The van der Waals surface area contributed by atoms with E-state index in [-0.39, 0.29) is 11.8 Å². The van der Waals surface area contributed by atoms with E-state index in [1.807, 2.05) is 0 Å². The number of amides is 2. The van der Waals surface area contributed by atoms with E-state index in [2.05, 4.69) is 18.7 Å². The van der Waals surface area contributed by atoms with Gasteiger partial charge in [0.05, 0.1) is 17.8 Å². The molecule has 3 rings (SSSR count).